The first kappa shape index (κ1) is 16.7. The van der Waals surface area contributed by atoms with Gasteiger partial charge in [-0.05, 0) is 43.4 Å². The van der Waals surface area contributed by atoms with Crippen molar-refractivity contribution in [2.45, 2.75) is 45.1 Å². The fourth-order valence-electron chi connectivity index (χ4n) is 1.95. The molecule has 0 aliphatic rings. The Labute approximate surface area is 121 Å². The normalized spacial score (nSPS) is 12.2. The van der Waals surface area contributed by atoms with Crippen LogP contribution in [0.3, 0.4) is 0 Å². The lowest BCUT2D eigenvalue weighted by Gasteiger charge is -2.12. The van der Waals surface area contributed by atoms with Crippen LogP contribution in [0, 0.1) is 0 Å². The molecule has 0 aliphatic carbocycles. The van der Waals surface area contributed by atoms with Crippen LogP contribution in [0.2, 0.25) is 0 Å². The fourth-order valence-corrected chi connectivity index (χ4v) is 1.95. The van der Waals surface area contributed by atoms with Gasteiger partial charge in [0.1, 0.15) is 0 Å². The lowest BCUT2D eigenvalue weighted by atomic mass is 10.1. The minimum atomic E-state index is -0.482. The molecule has 1 atom stereocenters. The number of anilines is 1. The third-order valence-electron chi connectivity index (χ3n) is 3.24. The molecular formula is C16H26N2O2. The van der Waals surface area contributed by atoms with Crippen molar-refractivity contribution in [1.29, 1.82) is 0 Å². The van der Waals surface area contributed by atoms with Crippen LogP contribution in [-0.4, -0.2) is 25.7 Å². The number of ether oxygens (including phenoxy) is 1. The van der Waals surface area contributed by atoms with Gasteiger partial charge in [0.2, 0.25) is 5.91 Å². The van der Waals surface area contributed by atoms with Gasteiger partial charge in [0.25, 0.3) is 0 Å². The van der Waals surface area contributed by atoms with Crippen LogP contribution in [0.5, 0.6) is 0 Å². The molecule has 0 heterocycles. The van der Waals surface area contributed by atoms with Gasteiger partial charge in [-0.1, -0.05) is 25.5 Å². The topological polar surface area (TPSA) is 64.4 Å². The second-order valence-electron chi connectivity index (χ2n) is 5.03. The first-order valence-electron chi connectivity index (χ1n) is 7.31. The predicted molar refractivity (Wildman–Crippen MR) is 82.8 cm³/mol. The molecule has 0 spiro atoms. The van der Waals surface area contributed by atoms with E-state index in [1.165, 1.54) is 18.4 Å². The Morgan fingerprint density at radius 1 is 1.30 bits per heavy atom. The molecule has 0 bridgehead atoms. The maximum atomic E-state index is 11.9. The summed E-state index contributed by atoms with van der Waals surface area (Å²) >= 11 is 0. The Morgan fingerprint density at radius 2 is 2.00 bits per heavy atom. The number of nitrogens with two attached hydrogens (primary N) is 1. The highest BCUT2D eigenvalue weighted by atomic mass is 16.5. The smallest absolute Gasteiger partial charge is 0.241 e. The average molecular weight is 278 g/mol. The number of aryl methyl sites for hydroxylation is 1. The molecular weight excluding hydrogens is 252 g/mol. The number of hydrogen-bond acceptors (Lipinski definition) is 3. The molecule has 0 saturated carbocycles. The van der Waals surface area contributed by atoms with Gasteiger partial charge >= 0.3 is 0 Å². The highest BCUT2D eigenvalue weighted by molar-refractivity contribution is 5.94. The van der Waals surface area contributed by atoms with Crippen LogP contribution in [0.1, 0.15) is 38.2 Å². The summed E-state index contributed by atoms with van der Waals surface area (Å²) < 4.78 is 4.95. The zero-order valence-electron chi connectivity index (χ0n) is 12.5. The number of amides is 1. The molecule has 0 aromatic heterocycles. The molecule has 1 rings (SSSR count). The van der Waals surface area contributed by atoms with Crippen molar-refractivity contribution in [3.05, 3.63) is 29.8 Å². The molecule has 112 valence electrons. The minimum absolute atomic E-state index is 0.137. The molecule has 1 amide bonds. The molecule has 1 aromatic rings. The van der Waals surface area contributed by atoms with Crippen molar-refractivity contribution in [1.82, 2.24) is 0 Å². The second-order valence-corrected chi connectivity index (χ2v) is 5.03. The van der Waals surface area contributed by atoms with E-state index in [0.717, 1.165) is 18.5 Å². The van der Waals surface area contributed by atoms with Gasteiger partial charge in [0.05, 0.1) is 6.04 Å². The number of carbonyl (C=O) groups excluding carboxylic acids is 1. The van der Waals surface area contributed by atoms with Crippen molar-refractivity contribution in [3.63, 3.8) is 0 Å². The number of methoxy groups -OCH3 is 1. The van der Waals surface area contributed by atoms with Crippen molar-refractivity contribution < 1.29 is 9.53 Å². The van der Waals surface area contributed by atoms with Crippen molar-refractivity contribution in [2.24, 2.45) is 5.73 Å². The van der Waals surface area contributed by atoms with E-state index in [4.69, 9.17) is 10.5 Å². The molecule has 4 nitrogen and oxygen atoms in total. The van der Waals surface area contributed by atoms with E-state index in [1.807, 2.05) is 12.1 Å². The summed E-state index contributed by atoms with van der Waals surface area (Å²) in [5, 5.41) is 2.85. The molecule has 0 fully saturated rings. The zero-order valence-corrected chi connectivity index (χ0v) is 12.5. The van der Waals surface area contributed by atoms with E-state index in [1.54, 1.807) is 7.11 Å². The van der Waals surface area contributed by atoms with Gasteiger partial charge < -0.3 is 15.8 Å². The number of unbranched alkanes of at least 4 members (excludes halogenated alkanes) is 1. The summed E-state index contributed by atoms with van der Waals surface area (Å²) in [7, 11) is 1.64. The minimum Gasteiger partial charge on any atom is -0.385 e. The van der Waals surface area contributed by atoms with Crippen molar-refractivity contribution >= 4 is 11.6 Å². The van der Waals surface area contributed by atoms with Gasteiger partial charge in [-0.15, -0.1) is 0 Å². The molecule has 1 unspecified atom stereocenters. The molecule has 0 aliphatic heterocycles. The molecule has 0 saturated heterocycles. The highest BCUT2D eigenvalue weighted by Gasteiger charge is 2.12. The van der Waals surface area contributed by atoms with E-state index in [2.05, 4.69) is 24.4 Å². The van der Waals surface area contributed by atoms with Crippen LogP contribution in [0.15, 0.2) is 24.3 Å². The second kappa shape index (κ2) is 9.50. The van der Waals surface area contributed by atoms with Gasteiger partial charge in [0, 0.05) is 19.4 Å². The summed E-state index contributed by atoms with van der Waals surface area (Å²) in [5.41, 5.74) is 7.94. The first-order valence-corrected chi connectivity index (χ1v) is 7.31. The quantitative estimate of drug-likeness (QED) is 0.683. The molecule has 1 aromatic carbocycles. The first-order chi connectivity index (χ1) is 9.67. The number of carbonyl (C=O) groups is 1. The maximum absolute atomic E-state index is 11.9. The van der Waals surface area contributed by atoms with E-state index in [9.17, 15) is 4.79 Å². The van der Waals surface area contributed by atoms with Crippen molar-refractivity contribution in [3.8, 4) is 0 Å². The molecule has 0 radical (unpaired) electrons. The fraction of sp³-hybridized carbons (Fsp3) is 0.562. The standard InChI is InChI=1S/C16H26N2O2/c1-3-4-6-13-8-10-14(11-9-13)18-16(19)15(17)7-5-12-20-2/h8-11,15H,3-7,12,17H2,1-2H3,(H,18,19). The van der Waals surface area contributed by atoms with E-state index in [-0.39, 0.29) is 5.91 Å². The largest absolute Gasteiger partial charge is 0.385 e. The third-order valence-corrected chi connectivity index (χ3v) is 3.24. The van der Waals surface area contributed by atoms with Gasteiger partial charge in [0.15, 0.2) is 0 Å². The number of benzene rings is 1. The van der Waals surface area contributed by atoms with Crippen LogP contribution < -0.4 is 11.1 Å². The van der Waals surface area contributed by atoms with E-state index < -0.39 is 6.04 Å². The SMILES string of the molecule is CCCCc1ccc(NC(=O)C(N)CCCOC)cc1. The Morgan fingerprint density at radius 3 is 2.60 bits per heavy atom. The van der Waals surface area contributed by atoms with Crippen LogP contribution in [-0.2, 0) is 16.0 Å². The van der Waals surface area contributed by atoms with Crippen LogP contribution in [0.25, 0.3) is 0 Å². The van der Waals surface area contributed by atoms with E-state index in [0.29, 0.717) is 13.0 Å². The summed E-state index contributed by atoms with van der Waals surface area (Å²) in [6.45, 7) is 2.81. The lowest BCUT2D eigenvalue weighted by molar-refractivity contribution is -0.117. The lowest BCUT2D eigenvalue weighted by Crippen LogP contribution is -2.35. The summed E-state index contributed by atoms with van der Waals surface area (Å²) in [4.78, 5) is 11.9. The summed E-state index contributed by atoms with van der Waals surface area (Å²) in [6.07, 6.45) is 4.89. The molecule has 4 heteroatoms. The number of nitrogens with one attached hydrogen (secondary N) is 1. The molecule has 20 heavy (non-hydrogen) atoms. The van der Waals surface area contributed by atoms with Gasteiger partial charge in [-0.2, -0.15) is 0 Å². The summed E-state index contributed by atoms with van der Waals surface area (Å²) in [5.74, 6) is -0.137. The number of rotatable bonds is 9. The summed E-state index contributed by atoms with van der Waals surface area (Å²) in [6, 6.07) is 7.50. The van der Waals surface area contributed by atoms with E-state index >= 15 is 0 Å². The molecule has 3 N–H and O–H groups in total. The monoisotopic (exact) mass is 278 g/mol. The predicted octanol–water partition coefficient (Wildman–Crippen LogP) is 2.72. The average Bonchev–Trinajstić information content (AvgIpc) is 2.46. The number of hydrogen-bond donors (Lipinski definition) is 2. The third kappa shape index (κ3) is 6.17. The van der Waals surface area contributed by atoms with Crippen molar-refractivity contribution in [2.75, 3.05) is 19.0 Å². The Hall–Kier alpha value is -1.39. The maximum Gasteiger partial charge on any atom is 0.241 e. The Kier molecular flexibility index (Phi) is 7.92. The van der Waals surface area contributed by atoms with Crippen LogP contribution >= 0.6 is 0 Å². The highest BCUT2D eigenvalue weighted by Crippen LogP contribution is 2.12. The Bertz CT molecular complexity index is 390. The zero-order chi connectivity index (χ0) is 14.8. The van der Waals surface area contributed by atoms with Gasteiger partial charge in [-0.25, -0.2) is 0 Å². The van der Waals surface area contributed by atoms with Crippen LogP contribution in [0.4, 0.5) is 5.69 Å². The Balaban J connectivity index is 2.41. The van der Waals surface area contributed by atoms with Gasteiger partial charge in [-0.3, -0.25) is 4.79 Å².